The molecule has 98 valence electrons. The van der Waals surface area contributed by atoms with Crippen LogP contribution in [-0.2, 0) is 0 Å². The summed E-state index contributed by atoms with van der Waals surface area (Å²) >= 11 is 1.59. The van der Waals surface area contributed by atoms with Crippen molar-refractivity contribution >= 4 is 39.8 Å². The molecule has 1 aliphatic rings. The Morgan fingerprint density at radius 3 is 3.06 bits per heavy atom. The zero-order valence-corrected chi connectivity index (χ0v) is 11.8. The van der Waals surface area contributed by atoms with Crippen molar-refractivity contribution in [3.8, 4) is 0 Å². The number of aromatic nitrogens is 1. The Labute approximate surface area is 118 Å². The van der Waals surface area contributed by atoms with Crippen molar-refractivity contribution in [1.82, 2.24) is 4.37 Å². The predicted octanol–water partition coefficient (Wildman–Crippen LogP) is 2.89. The molecular weight excluding hydrogens is 266 g/mol. The molecular formula is C13H18ClN3S. The number of nitrogens with two attached hydrogens (primary N) is 1. The molecule has 1 unspecified atom stereocenters. The van der Waals surface area contributed by atoms with Gasteiger partial charge in [0.05, 0.1) is 4.70 Å². The highest BCUT2D eigenvalue weighted by Crippen LogP contribution is 2.31. The van der Waals surface area contributed by atoms with Gasteiger partial charge < -0.3 is 10.6 Å². The van der Waals surface area contributed by atoms with Crippen molar-refractivity contribution in [2.45, 2.75) is 12.8 Å². The SMILES string of the molecule is Cl.NCC1CCCN(c2nsc3ccccc23)C1. The first-order valence-electron chi connectivity index (χ1n) is 6.18. The molecule has 1 aromatic heterocycles. The monoisotopic (exact) mass is 283 g/mol. The molecule has 1 aliphatic heterocycles. The first kappa shape index (κ1) is 13.6. The van der Waals surface area contributed by atoms with Crippen LogP contribution in [0.3, 0.4) is 0 Å². The Hall–Kier alpha value is -0.840. The normalized spacial score (nSPS) is 19.8. The lowest BCUT2D eigenvalue weighted by Crippen LogP contribution is -2.38. The van der Waals surface area contributed by atoms with Crippen LogP contribution in [0.5, 0.6) is 0 Å². The van der Waals surface area contributed by atoms with E-state index < -0.39 is 0 Å². The van der Waals surface area contributed by atoms with Crippen LogP contribution in [0, 0.1) is 5.92 Å². The van der Waals surface area contributed by atoms with Gasteiger partial charge in [-0.25, -0.2) is 0 Å². The van der Waals surface area contributed by atoms with Crippen LogP contribution in [0.4, 0.5) is 5.82 Å². The van der Waals surface area contributed by atoms with Gasteiger partial charge in [-0.3, -0.25) is 0 Å². The molecule has 1 saturated heterocycles. The fourth-order valence-corrected chi connectivity index (χ4v) is 3.35. The van der Waals surface area contributed by atoms with E-state index in [-0.39, 0.29) is 12.4 Å². The minimum atomic E-state index is 0. The molecule has 0 saturated carbocycles. The molecule has 2 aromatic rings. The summed E-state index contributed by atoms with van der Waals surface area (Å²) in [5.41, 5.74) is 5.79. The second-order valence-electron chi connectivity index (χ2n) is 4.69. The maximum absolute atomic E-state index is 5.79. The van der Waals surface area contributed by atoms with Crippen LogP contribution < -0.4 is 10.6 Å². The number of halogens is 1. The van der Waals surface area contributed by atoms with Gasteiger partial charge in [-0.2, -0.15) is 4.37 Å². The van der Waals surface area contributed by atoms with Crippen molar-refractivity contribution in [2.24, 2.45) is 11.7 Å². The van der Waals surface area contributed by atoms with Gasteiger partial charge in [0.2, 0.25) is 0 Å². The first-order chi connectivity index (χ1) is 8.38. The van der Waals surface area contributed by atoms with E-state index in [0.717, 1.165) is 25.5 Å². The molecule has 0 spiro atoms. The number of benzene rings is 1. The second kappa shape index (κ2) is 5.87. The smallest absolute Gasteiger partial charge is 0.150 e. The maximum atomic E-state index is 5.79. The zero-order chi connectivity index (χ0) is 11.7. The fraction of sp³-hybridized carbons (Fsp3) is 0.462. The van der Waals surface area contributed by atoms with Crippen LogP contribution in [-0.4, -0.2) is 24.0 Å². The van der Waals surface area contributed by atoms with E-state index in [4.69, 9.17) is 5.73 Å². The summed E-state index contributed by atoms with van der Waals surface area (Å²) in [7, 11) is 0. The molecule has 2 heterocycles. The summed E-state index contributed by atoms with van der Waals surface area (Å²) < 4.78 is 5.89. The van der Waals surface area contributed by atoms with Crippen molar-refractivity contribution in [2.75, 3.05) is 24.5 Å². The standard InChI is InChI=1S/C13H17N3S.ClH/c14-8-10-4-3-7-16(9-10)13-11-5-1-2-6-12(11)17-15-13;/h1-2,5-6,10H,3-4,7-9,14H2;1H. The summed E-state index contributed by atoms with van der Waals surface area (Å²) in [6.07, 6.45) is 2.49. The molecule has 3 nitrogen and oxygen atoms in total. The third-order valence-corrected chi connectivity index (χ3v) is 4.33. The summed E-state index contributed by atoms with van der Waals surface area (Å²) in [6.45, 7) is 2.97. The lowest BCUT2D eigenvalue weighted by molar-refractivity contribution is 0.423. The summed E-state index contributed by atoms with van der Waals surface area (Å²) in [6, 6.07) is 8.47. The van der Waals surface area contributed by atoms with Crippen LogP contribution in [0.2, 0.25) is 0 Å². The molecule has 5 heteroatoms. The van der Waals surface area contributed by atoms with Crippen molar-refractivity contribution in [3.05, 3.63) is 24.3 Å². The van der Waals surface area contributed by atoms with E-state index in [1.165, 1.54) is 22.9 Å². The van der Waals surface area contributed by atoms with Crippen molar-refractivity contribution in [3.63, 3.8) is 0 Å². The topological polar surface area (TPSA) is 42.1 Å². The van der Waals surface area contributed by atoms with Crippen LogP contribution in [0.25, 0.3) is 10.1 Å². The average Bonchev–Trinajstić information content (AvgIpc) is 2.82. The number of hydrogen-bond donors (Lipinski definition) is 1. The molecule has 0 radical (unpaired) electrons. The molecule has 1 aromatic carbocycles. The van der Waals surface area contributed by atoms with E-state index in [2.05, 4.69) is 33.5 Å². The highest BCUT2D eigenvalue weighted by atomic mass is 35.5. The van der Waals surface area contributed by atoms with Crippen molar-refractivity contribution in [1.29, 1.82) is 0 Å². The highest BCUT2D eigenvalue weighted by Gasteiger charge is 2.21. The van der Waals surface area contributed by atoms with Gasteiger partial charge in [0.15, 0.2) is 0 Å². The minimum Gasteiger partial charge on any atom is -0.355 e. The largest absolute Gasteiger partial charge is 0.355 e. The Morgan fingerprint density at radius 2 is 2.22 bits per heavy atom. The Morgan fingerprint density at radius 1 is 1.39 bits per heavy atom. The molecule has 0 bridgehead atoms. The van der Waals surface area contributed by atoms with Crippen molar-refractivity contribution < 1.29 is 0 Å². The number of rotatable bonds is 2. The number of piperidine rings is 1. The molecule has 0 amide bonds. The summed E-state index contributed by atoms with van der Waals surface area (Å²) in [4.78, 5) is 2.40. The van der Waals surface area contributed by atoms with Crippen LogP contribution in [0.1, 0.15) is 12.8 Å². The number of hydrogen-bond acceptors (Lipinski definition) is 4. The Bertz CT molecular complexity index is 514. The Kier molecular flexibility index (Phi) is 4.43. The molecule has 1 atom stereocenters. The van der Waals surface area contributed by atoms with E-state index in [9.17, 15) is 0 Å². The summed E-state index contributed by atoms with van der Waals surface area (Å²) in [5, 5.41) is 1.29. The quantitative estimate of drug-likeness (QED) is 0.921. The van der Waals surface area contributed by atoms with Crippen LogP contribution in [0.15, 0.2) is 24.3 Å². The molecule has 18 heavy (non-hydrogen) atoms. The Balaban J connectivity index is 0.00000120. The summed E-state index contributed by atoms with van der Waals surface area (Å²) in [5.74, 6) is 1.79. The number of fused-ring (bicyclic) bond motifs is 1. The first-order valence-corrected chi connectivity index (χ1v) is 6.95. The van der Waals surface area contributed by atoms with Gasteiger partial charge in [0.1, 0.15) is 5.82 Å². The van der Waals surface area contributed by atoms with E-state index in [1.54, 1.807) is 11.5 Å². The highest BCUT2D eigenvalue weighted by molar-refractivity contribution is 7.13. The molecule has 2 N–H and O–H groups in total. The van der Waals surface area contributed by atoms with Gasteiger partial charge in [0, 0.05) is 18.5 Å². The number of nitrogens with zero attached hydrogens (tertiary/aromatic N) is 2. The third-order valence-electron chi connectivity index (χ3n) is 3.51. The third kappa shape index (κ3) is 2.46. The zero-order valence-electron chi connectivity index (χ0n) is 10.2. The van der Waals surface area contributed by atoms with E-state index >= 15 is 0 Å². The average molecular weight is 284 g/mol. The molecule has 1 fully saturated rings. The minimum absolute atomic E-state index is 0. The number of anilines is 1. The fourth-order valence-electron chi connectivity index (χ4n) is 2.55. The van der Waals surface area contributed by atoms with Gasteiger partial charge in [0.25, 0.3) is 0 Å². The molecule has 3 rings (SSSR count). The predicted molar refractivity (Wildman–Crippen MR) is 80.9 cm³/mol. The lowest BCUT2D eigenvalue weighted by atomic mass is 9.98. The van der Waals surface area contributed by atoms with Gasteiger partial charge in [-0.15, -0.1) is 12.4 Å². The van der Waals surface area contributed by atoms with Gasteiger partial charge in [-0.1, -0.05) is 12.1 Å². The lowest BCUT2D eigenvalue weighted by Gasteiger charge is -2.32. The van der Waals surface area contributed by atoms with Gasteiger partial charge >= 0.3 is 0 Å². The second-order valence-corrected chi connectivity index (χ2v) is 5.50. The van der Waals surface area contributed by atoms with Gasteiger partial charge in [-0.05, 0) is 49.0 Å². The molecule has 0 aliphatic carbocycles. The maximum Gasteiger partial charge on any atom is 0.150 e. The van der Waals surface area contributed by atoms with Crippen LogP contribution >= 0.6 is 23.9 Å². The van der Waals surface area contributed by atoms with E-state index in [0.29, 0.717) is 5.92 Å². The van der Waals surface area contributed by atoms with E-state index in [1.807, 2.05) is 0 Å².